The molecule has 0 spiro atoms. The van der Waals surface area contributed by atoms with E-state index in [0.29, 0.717) is 23.6 Å². The maximum atomic E-state index is 12.6. The Morgan fingerprint density at radius 3 is 1.64 bits per heavy atom. The number of nitrogens with two attached hydrogens (primary N) is 1. The summed E-state index contributed by atoms with van der Waals surface area (Å²) in [5.74, 6) is 0.729. The van der Waals surface area contributed by atoms with Crippen molar-refractivity contribution in [1.82, 2.24) is 29.9 Å². The molecule has 4 N–H and O–H groups in total. The summed E-state index contributed by atoms with van der Waals surface area (Å²) in [5, 5.41) is 6.27. The van der Waals surface area contributed by atoms with Crippen LogP contribution in [0.25, 0.3) is 0 Å². The number of benzene rings is 3. The van der Waals surface area contributed by atoms with Crippen molar-refractivity contribution in [2.75, 3.05) is 16.4 Å². The van der Waals surface area contributed by atoms with Gasteiger partial charge in [0.05, 0.1) is 19.6 Å². The molecule has 19 heteroatoms. The second kappa shape index (κ2) is 18.7. The average Bonchev–Trinajstić information content (AvgIpc) is 3.96. The molecule has 6 aromatic rings. The van der Waals surface area contributed by atoms with Gasteiger partial charge < -0.3 is 16.4 Å². The molecule has 0 aliphatic carbocycles. The fourth-order valence-corrected chi connectivity index (χ4v) is 5.98. The minimum Gasteiger partial charge on any atom is -0.399 e. The van der Waals surface area contributed by atoms with Gasteiger partial charge in [-0.05, 0) is 107 Å². The smallest absolute Gasteiger partial charge is 0.399 e. The van der Waals surface area contributed by atoms with Gasteiger partial charge in [-0.1, -0.05) is 41.4 Å². The standard InChI is InChI=1S/C13H8ClF3N4.C13H11ClN4.C8H8N2.C5H4Cl2N2/c14-11-10(13(15,16)17)6-19-12(21-11)20-9-2-1-7-4-18-5-8(7)3-9;1-8-5-16-13(14)18-12(8)17-11-3-2-9-6-15-7-10(9)4-11;9-8-2-1-6-4-10-5-7(6)3-8;1-3-2-8-5(7)9-4(3)6/h1-3,5-6H,4H2,(H,19,20,21);2-5,7H,6H2,1H3,(H,16,17,18);1-3,5H,4,9H2;2H,1H3. The predicted octanol–water partition coefficient (Wildman–Crippen LogP) is 10.2. The lowest BCUT2D eigenvalue weighted by Crippen LogP contribution is -2.09. The van der Waals surface area contributed by atoms with E-state index >= 15 is 0 Å². The predicted molar refractivity (Wildman–Crippen MR) is 225 cm³/mol. The van der Waals surface area contributed by atoms with Crippen molar-refractivity contribution in [3.8, 4) is 0 Å². The van der Waals surface area contributed by atoms with Gasteiger partial charge in [0.25, 0.3) is 0 Å². The van der Waals surface area contributed by atoms with Gasteiger partial charge in [0.15, 0.2) is 0 Å². The molecular formula is C39H31Cl4F3N12. The summed E-state index contributed by atoms with van der Waals surface area (Å²) >= 11 is 22.3. The van der Waals surface area contributed by atoms with Crippen LogP contribution in [0.2, 0.25) is 20.9 Å². The molecule has 3 aliphatic rings. The van der Waals surface area contributed by atoms with E-state index in [2.05, 4.69) is 67.6 Å². The number of anilines is 5. The molecular weight excluding hydrogens is 835 g/mol. The summed E-state index contributed by atoms with van der Waals surface area (Å²) in [6.45, 7) is 5.98. The molecule has 0 saturated heterocycles. The quantitative estimate of drug-likeness (QED) is 0.0889. The van der Waals surface area contributed by atoms with Gasteiger partial charge in [-0.2, -0.15) is 13.2 Å². The minimum atomic E-state index is -4.57. The van der Waals surface area contributed by atoms with Crippen LogP contribution in [0.4, 0.5) is 42.0 Å². The average molecular weight is 867 g/mol. The zero-order valence-corrected chi connectivity index (χ0v) is 33.6. The zero-order valence-electron chi connectivity index (χ0n) is 30.5. The summed E-state index contributed by atoms with van der Waals surface area (Å²) in [7, 11) is 0. The number of alkyl halides is 3. The summed E-state index contributed by atoms with van der Waals surface area (Å²) < 4.78 is 37.7. The summed E-state index contributed by atoms with van der Waals surface area (Å²) in [4.78, 5) is 35.2. The Hall–Kier alpha value is -5.74. The maximum absolute atomic E-state index is 12.6. The lowest BCUT2D eigenvalue weighted by Gasteiger charge is -2.10. The molecule has 0 radical (unpaired) electrons. The van der Waals surface area contributed by atoms with Gasteiger partial charge in [-0.25, -0.2) is 29.9 Å². The third-order valence-electron chi connectivity index (χ3n) is 8.33. The van der Waals surface area contributed by atoms with Gasteiger partial charge in [0.2, 0.25) is 16.5 Å². The van der Waals surface area contributed by atoms with Crippen molar-refractivity contribution in [1.29, 1.82) is 0 Å². The normalized spacial score (nSPS) is 12.6. The monoisotopic (exact) mass is 864 g/mol. The number of hydrogen-bond acceptors (Lipinski definition) is 12. The van der Waals surface area contributed by atoms with E-state index in [-0.39, 0.29) is 16.5 Å². The summed E-state index contributed by atoms with van der Waals surface area (Å²) in [5.41, 5.74) is 15.6. The lowest BCUT2D eigenvalue weighted by molar-refractivity contribution is -0.137. The highest BCUT2D eigenvalue weighted by molar-refractivity contribution is 6.32. The van der Waals surface area contributed by atoms with Gasteiger partial charge in [-0.3, -0.25) is 15.0 Å². The molecule has 0 bridgehead atoms. The van der Waals surface area contributed by atoms with Crippen LogP contribution in [-0.2, 0) is 25.8 Å². The molecule has 296 valence electrons. The fraction of sp³-hybridized carbons (Fsp3) is 0.154. The SMILES string of the molecule is Cc1cnc(Cl)nc1Cl.Cc1cnc(Cl)nc1Nc1ccc2c(c1)C=NC2.FC(F)(F)c1cnc(Nc2ccc3c(c2)C=NC3)nc1Cl.Nc1ccc2c(c1)C=NC2. The number of nitrogens with one attached hydrogen (secondary N) is 2. The molecule has 0 amide bonds. The van der Waals surface area contributed by atoms with Crippen molar-refractivity contribution >= 4 is 93.9 Å². The second-order valence-corrected chi connectivity index (χ2v) is 14.0. The number of halogens is 7. The van der Waals surface area contributed by atoms with Crippen LogP contribution in [-0.4, -0.2) is 48.5 Å². The van der Waals surface area contributed by atoms with Crippen molar-refractivity contribution in [2.45, 2.75) is 39.7 Å². The molecule has 0 unspecified atom stereocenters. The highest BCUT2D eigenvalue weighted by Gasteiger charge is 2.34. The first-order valence-electron chi connectivity index (χ1n) is 17.1. The van der Waals surface area contributed by atoms with Crippen molar-refractivity contribution in [2.24, 2.45) is 15.0 Å². The van der Waals surface area contributed by atoms with E-state index in [4.69, 9.17) is 52.1 Å². The Labute approximate surface area is 350 Å². The molecule has 3 aromatic carbocycles. The first-order chi connectivity index (χ1) is 27.7. The van der Waals surface area contributed by atoms with Crippen LogP contribution in [0.1, 0.15) is 50.1 Å². The largest absolute Gasteiger partial charge is 0.420 e. The minimum absolute atomic E-state index is 0.00267. The third kappa shape index (κ3) is 11.2. The van der Waals surface area contributed by atoms with E-state index in [1.165, 1.54) is 16.7 Å². The Kier molecular flexibility index (Phi) is 13.5. The van der Waals surface area contributed by atoms with Crippen LogP contribution >= 0.6 is 46.4 Å². The number of nitrogen functional groups attached to an aromatic ring is 1. The first-order valence-corrected chi connectivity index (χ1v) is 18.6. The van der Waals surface area contributed by atoms with Crippen LogP contribution in [0, 0.1) is 13.8 Å². The Balaban J connectivity index is 0.000000138. The molecule has 0 saturated carbocycles. The van der Waals surface area contributed by atoms with Crippen LogP contribution < -0.4 is 16.4 Å². The maximum Gasteiger partial charge on any atom is 0.420 e. The van der Waals surface area contributed by atoms with Crippen LogP contribution in [0.15, 0.2) is 88.2 Å². The number of aryl methyl sites for hydroxylation is 2. The molecule has 6 heterocycles. The summed E-state index contributed by atoms with van der Waals surface area (Å²) in [6.07, 6.45) is 4.86. The fourth-order valence-electron chi connectivity index (χ4n) is 5.30. The number of aliphatic imine (C=N–C) groups is 3. The van der Waals surface area contributed by atoms with Gasteiger partial charge >= 0.3 is 6.18 Å². The first kappa shape index (κ1) is 41.9. The van der Waals surface area contributed by atoms with Gasteiger partial charge in [0.1, 0.15) is 21.7 Å². The van der Waals surface area contributed by atoms with Gasteiger partial charge in [0, 0.05) is 65.4 Å². The van der Waals surface area contributed by atoms with Crippen molar-refractivity contribution < 1.29 is 13.2 Å². The molecule has 3 aliphatic heterocycles. The zero-order chi connectivity index (χ0) is 41.4. The third-order valence-corrected chi connectivity index (χ3v) is 9.36. The van der Waals surface area contributed by atoms with Crippen molar-refractivity contribution in [3.05, 3.63) is 144 Å². The van der Waals surface area contributed by atoms with Crippen molar-refractivity contribution in [3.63, 3.8) is 0 Å². The van der Waals surface area contributed by atoms with E-state index < -0.39 is 16.9 Å². The molecule has 12 nitrogen and oxygen atoms in total. The number of nitrogens with zero attached hydrogens (tertiary/aromatic N) is 9. The van der Waals surface area contributed by atoms with Crippen LogP contribution in [0.5, 0.6) is 0 Å². The lowest BCUT2D eigenvalue weighted by atomic mass is 10.1. The Morgan fingerprint density at radius 2 is 1.10 bits per heavy atom. The van der Waals surface area contributed by atoms with E-state index in [0.717, 1.165) is 58.1 Å². The molecule has 0 atom stereocenters. The van der Waals surface area contributed by atoms with Crippen LogP contribution in [0.3, 0.4) is 0 Å². The second-order valence-electron chi connectivity index (χ2n) is 12.6. The van der Waals surface area contributed by atoms with E-state index in [1.54, 1.807) is 24.7 Å². The number of aromatic nitrogens is 6. The van der Waals surface area contributed by atoms with E-state index in [1.807, 2.05) is 62.7 Å². The van der Waals surface area contributed by atoms with E-state index in [9.17, 15) is 13.2 Å². The Bertz CT molecular complexity index is 2550. The highest BCUT2D eigenvalue weighted by atomic mass is 35.5. The Morgan fingerprint density at radius 1 is 0.586 bits per heavy atom. The van der Waals surface area contributed by atoms with Gasteiger partial charge in [-0.15, -0.1) is 0 Å². The highest BCUT2D eigenvalue weighted by Crippen LogP contribution is 2.34. The topological polar surface area (TPSA) is 164 Å². The summed E-state index contributed by atoms with van der Waals surface area (Å²) in [6, 6.07) is 17.5. The number of rotatable bonds is 4. The molecule has 9 rings (SSSR count). The number of hydrogen-bond donors (Lipinski definition) is 3. The molecule has 3 aromatic heterocycles. The number of fused-ring (bicyclic) bond motifs is 3. The molecule has 58 heavy (non-hydrogen) atoms. The molecule has 0 fully saturated rings.